The maximum Gasteiger partial charge on any atom is 0.132 e. The molecule has 3 aromatic heterocycles. The molecule has 7 heteroatoms. The number of aliphatic hydroxyl groups is 1. The predicted octanol–water partition coefficient (Wildman–Crippen LogP) is 4.29. The zero-order valence-electron chi connectivity index (χ0n) is 16.5. The molecule has 0 unspecified atom stereocenters. The molecule has 4 aromatic rings. The lowest BCUT2D eigenvalue weighted by Gasteiger charge is -2.14. The first-order valence-corrected chi connectivity index (χ1v) is 9.35. The number of hydrogen-bond donors (Lipinski definition) is 3. The molecule has 29 heavy (non-hydrogen) atoms. The number of H-pyrrole nitrogens is 2. The molecule has 0 bridgehead atoms. The minimum Gasteiger partial charge on any atom is -0.390 e. The van der Waals surface area contributed by atoms with Crippen molar-refractivity contribution in [1.29, 1.82) is 0 Å². The number of rotatable bonds is 5. The second kappa shape index (κ2) is 7.25. The highest BCUT2D eigenvalue weighted by molar-refractivity contribution is 5.81. The second-order valence-corrected chi connectivity index (χ2v) is 7.73. The zero-order valence-corrected chi connectivity index (χ0v) is 16.5. The maximum absolute atomic E-state index is 14.6. The van der Waals surface area contributed by atoms with Gasteiger partial charge in [0.1, 0.15) is 17.3 Å². The largest absolute Gasteiger partial charge is 0.390 e. The number of aromatic amines is 2. The molecule has 0 aliphatic rings. The number of halogens is 1. The molecule has 148 valence electrons. The fraction of sp³-hybridized carbons (Fsp3) is 0.227. The predicted molar refractivity (Wildman–Crippen MR) is 110 cm³/mol. The van der Waals surface area contributed by atoms with E-state index < -0.39 is 5.60 Å². The number of nitrogens with zero attached hydrogens (tertiary/aromatic N) is 3. The van der Waals surface area contributed by atoms with E-state index in [1.54, 1.807) is 38.4 Å². The van der Waals surface area contributed by atoms with Crippen molar-refractivity contribution < 1.29 is 9.50 Å². The summed E-state index contributed by atoms with van der Waals surface area (Å²) in [4.78, 5) is 12.0. The molecule has 6 nitrogen and oxygen atoms in total. The Morgan fingerprint density at radius 2 is 1.86 bits per heavy atom. The third-order valence-electron chi connectivity index (χ3n) is 4.56. The molecular formula is C22H22FN5O. The van der Waals surface area contributed by atoms with E-state index in [0.29, 0.717) is 29.2 Å². The molecule has 0 atom stereocenters. The van der Waals surface area contributed by atoms with Gasteiger partial charge >= 0.3 is 0 Å². The highest BCUT2D eigenvalue weighted by Crippen LogP contribution is 2.33. The van der Waals surface area contributed by atoms with E-state index in [2.05, 4.69) is 25.1 Å². The van der Waals surface area contributed by atoms with Gasteiger partial charge in [-0.05, 0) is 50.6 Å². The topological polar surface area (TPSA) is 90.5 Å². The Morgan fingerprint density at radius 3 is 2.62 bits per heavy atom. The molecule has 0 radical (unpaired) electrons. The van der Waals surface area contributed by atoms with E-state index in [0.717, 1.165) is 22.5 Å². The Kier molecular flexibility index (Phi) is 4.76. The van der Waals surface area contributed by atoms with Crippen LogP contribution in [0.4, 0.5) is 4.39 Å². The lowest BCUT2D eigenvalue weighted by molar-refractivity contribution is 0.0790. The first-order valence-electron chi connectivity index (χ1n) is 9.35. The van der Waals surface area contributed by atoms with Gasteiger partial charge in [-0.3, -0.25) is 10.1 Å². The molecule has 0 amide bonds. The molecule has 3 heterocycles. The minimum atomic E-state index is -0.901. The molecule has 0 fully saturated rings. The van der Waals surface area contributed by atoms with Crippen LogP contribution in [0.1, 0.15) is 25.4 Å². The van der Waals surface area contributed by atoms with Crippen LogP contribution in [0.15, 0.2) is 48.8 Å². The van der Waals surface area contributed by atoms with Crippen LogP contribution in [0.25, 0.3) is 33.8 Å². The number of aryl methyl sites for hydroxylation is 1. The smallest absolute Gasteiger partial charge is 0.132 e. The van der Waals surface area contributed by atoms with Crippen molar-refractivity contribution in [3.63, 3.8) is 0 Å². The lowest BCUT2D eigenvalue weighted by Crippen LogP contribution is -2.22. The third-order valence-corrected chi connectivity index (χ3v) is 4.56. The van der Waals surface area contributed by atoms with Gasteiger partial charge in [-0.25, -0.2) is 9.37 Å². The number of hydrogen-bond acceptors (Lipinski definition) is 4. The first-order chi connectivity index (χ1) is 13.8. The summed E-state index contributed by atoms with van der Waals surface area (Å²) in [5, 5.41) is 17.2. The normalized spacial score (nSPS) is 11.8. The van der Waals surface area contributed by atoms with Crippen molar-refractivity contribution >= 4 is 0 Å². The van der Waals surface area contributed by atoms with E-state index in [1.165, 1.54) is 6.07 Å². The van der Waals surface area contributed by atoms with Gasteiger partial charge in [0.05, 0.1) is 17.0 Å². The van der Waals surface area contributed by atoms with Crippen molar-refractivity contribution in [3.05, 3.63) is 66.1 Å². The van der Waals surface area contributed by atoms with Crippen LogP contribution in [0.3, 0.4) is 0 Å². The van der Waals surface area contributed by atoms with Gasteiger partial charge in [0.25, 0.3) is 0 Å². The summed E-state index contributed by atoms with van der Waals surface area (Å²) in [5.41, 5.74) is 3.95. The van der Waals surface area contributed by atoms with E-state index in [-0.39, 0.29) is 5.82 Å². The first kappa shape index (κ1) is 19.0. The summed E-state index contributed by atoms with van der Waals surface area (Å²) in [5.74, 6) is 0.235. The van der Waals surface area contributed by atoms with E-state index in [9.17, 15) is 9.50 Å². The Labute approximate surface area is 167 Å². The van der Waals surface area contributed by atoms with E-state index >= 15 is 0 Å². The molecule has 3 N–H and O–H groups in total. The fourth-order valence-corrected chi connectivity index (χ4v) is 3.27. The van der Waals surface area contributed by atoms with Gasteiger partial charge in [-0.15, -0.1) is 0 Å². The van der Waals surface area contributed by atoms with Crippen LogP contribution in [-0.4, -0.2) is 35.9 Å². The van der Waals surface area contributed by atoms with Gasteiger partial charge < -0.3 is 10.1 Å². The number of aromatic nitrogens is 5. The van der Waals surface area contributed by atoms with Crippen LogP contribution >= 0.6 is 0 Å². The number of imidazole rings is 1. The van der Waals surface area contributed by atoms with Crippen molar-refractivity contribution in [2.45, 2.75) is 32.8 Å². The summed E-state index contributed by atoms with van der Waals surface area (Å²) in [6.07, 6.45) is 3.78. The van der Waals surface area contributed by atoms with Gasteiger partial charge in [0.15, 0.2) is 0 Å². The Hall–Kier alpha value is -3.32. The molecule has 0 aliphatic carbocycles. The van der Waals surface area contributed by atoms with Crippen LogP contribution in [0.2, 0.25) is 0 Å². The molecule has 0 saturated heterocycles. The van der Waals surface area contributed by atoms with Gasteiger partial charge in [-0.2, -0.15) is 5.10 Å². The molecule has 1 aromatic carbocycles. The van der Waals surface area contributed by atoms with Crippen molar-refractivity contribution in [1.82, 2.24) is 25.1 Å². The average molecular weight is 391 g/mol. The lowest BCUT2D eigenvalue weighted by atomic mass is 10.0. The van der Waals surface area contributed by atoms with Gasteiger partial charge in [0, 0.05) is 35.6 Å². The standard InChI is InChI=1S/C22H22FN5O/c1-13-5-4-6-18(26-13)21-16(11-25-28-21)14-7-8-17(23)15(9-14)19-12-24-20(27-19)10-22(2,3)29/h4-9,11-12,29H,10H2,1-3H3,(H,24,27)(H,25,28). The summed E-state index contributed by atoms with van der Waals surface area (Å²) in [7, 11) is 0. The maximum atomic E-state index is 14.6. The summed E-state index contributed by atoms with van der Waals surface area (Å²) in [6.45, 7) is 5.33. The molecule has 4 rings (SSSR count). The molecular weight excluding hydrogens is 369 g/mol. The average Bonchev–Trinajstić information content (AvgIpc) is 3.30. The quantitative estimate of drug-likeness (QED) is 0.473. The minimum absolute atomic E-state index is 0.346. The third kappa shape index (κ3) is 4.09. The molecule has 0 saturated carbocycles. The zero-order chi connectivity index (χ0) is 20.6. The summed E-state index contributed by atoms with van der Waals surface area (Å²) >= 11 is 0. The number of pyridine rings is 1. The van der Waals surface area contributed by atoms with Crippen molar-refractivity contribution in [2.75, 3.05) is 0 Å². The van der Waals surface area contributed by atoms with Crippen molar-refractivity contribution in [3.8, 4) is 33.8 Å². The number of benzene rings is 1. The Bertz CT molecular complexity index is 1160. The SMILES string of the molecule is Cc1cccc(-c2n[nH]cc2-c2ccc(F)c(-c3c[nH]c(CC(C)(C)O)n3)c2)n1. The van der Waals surface area contributed by atoms with Crippen LogP contribution in [0, 0.1) is 12.7 Å². The van der Waals surface area contributed by atoms with Gasteiger partial charge in [0.2, 0.25) is 0 Å². The molecule has 0 spiro atoms. The van der Waals surface area contributed by atoms with Crippen LogP contribution in [0.5, 0.6) is 0 Å². The Morgan fingerprint density at radius 1 is 1.03 bits per heavy atom. The Balaban J connectivity index is 1.73. The molecule has 0 aliphatic heterocycles. The van der Waals surface area contributed by atoms with Crippen LogP contribution < -0.4 is 0 Å². The van der Waals surface area contributed by atoms with Gasteiger partial charge in [-0.1, -0.05) is 12.1 Å². The monoisotopic (exact) mass is 391 g/mol. The van der Waals surface area contributed by atoms with E-state index in [4.69, 9.17) is 0 Å². The van der Waals surface area contributed by atoms with E-state index in [1.807, 2.05) is 25.1 Å². The van der Waals surface area contributed by atoms with Crippen LogP contribution in [-0.2, 0) is 6.42 Å². The summed E-state index contributed by atoms with van der Waals surface area (Å²) in [6, 6.07) is 10.6. The van der Waals surface area contributed by atoms with Crippen molar-refractivity contribution in [2.24, 2.45) is 0 Å². The highest BCUT2D eigenvalue weighted by atomic mass is 19.1. The highest BCUT2D eigenvalue weighted by Gasteiger charge is 2.18. The fourth-order valence-electron chi connectivity index (χ4n) is 3.27. The number of nitrogens with one attached hydrogen (secondary N) is 2. The second-order valence-electron chi connectivity index (χ2n) is 7.73. The summed E-state index contributed by atoms with van der Waals surface area (Å²) < 4.78 is 14.6.